The van der Waals surface area contributed by atoms with Gasteiger partial charge < -0.3 is 10.6 Å². The van der Waals surface area contributed by atoms with E-state index in [9.17, 15) is 0 Å². The number of anilines is 1. The monoisotopic (exact) mass is 345 g/mol. The Kier molecular flexibility index (Phi) is 3.50. The van der Waals surface area contributed by atoms with Crippen LogP contribution in [0.4, 0.5) is 5.82 Å². The van der Waals surface area contributed by atoms with E-state index in [4.69, 9.17) is 11.1 Å². The average Bonchev–Trinajstić information content (AvgIpc) is 2.31. The van der Waals surface area contributed by atoms with E-state index in [1.165, 1.54) is 0 Å². The van der Waals surface area contributed by atoms with Gasteiger partial charge in [0, 0.05) is 24.7 Å². The predicted octanol–water partition coefficient (Wildman–Crippen LogP) is 1.62. The summed E-state index contributed by atoms with van der Waals surface area (Å²) in [6, 6.07) is 0. The Bertz CT molecular complexity index is 426. The molecule has 0 bridgehead atoms. The number of amidine groups is 1. The first-order valence-electron chi connectivity index (χ1n) is 5.58. The molecule has 0 aliphatic carbocycles. The molecule has 6 heteroatoms. The van der Waals surface area contributed by atoms with Crippen molar-refractivity contribution in [2.45, 2.75) is 19.8 Å². The van der Waals surface area contributed by atoms with Gasteiger partial charge in [0.2, 0.25) is 0 Å². The topological polar surface area (TPSA) is 78.9 Å². The fourth-order valence-corrected chi connectivity index (χ4v) is 2.66. The number of nitrogens with zero attached hydrogens (tertiary/aromatic N) is 3. The molecule has 92 valence electrons. The first-order chi connectivity index (χ1) is 8.03. The molecule has 2 heterocycles. The molecular formula is C11H16IN5. The Labute approximate surface area is 114 Å². The largest absolute Gasteiger partial charge is 0.387 e. The second-order valence-electron chi connectivity index (χ2n) is 4.66. The number of aromatic nitrogens is 2. The minimum absolute atomic E-state index is 0.144. The zero-order chi connectivity index (χ0) is 12.5. The third-order valence-corrected chi connectivity index (χ3v) is 4.23. The molecule has 5 nitrogen and oxygen atoms in total. The van der Waals surface area contributed by atoms with Crippen LogP contribution in [0.3, 0.4) is 0 Å². The highest BCUT2D eigenvalue weighted by molar-refractivity contribution is 14.1. The number of nitrogens with two attached hydrogens (primary N) is 1. The SMILES string of the molecule is CC1(C(=N)N)CCN(c2ncncc2I)CC1. The van der Waals surface area contributed by atoms with Crippen molar-refractivity contribution in [3.63, 3.8) is 0 Å². The summed E-state index contributed by atoms with van der Waals surface area (Å²) in [4.78, 5) is 10.6. The van der Waals surface area contributed by atoms with Crippen LogP contribution in [0.1, 0.15) is 19.8 Å². The Morgan fingerprint density at radius 2 is 2.18 bits per heavy atom. The van der Waals surface area contributed by atoms with Gasteiger partial charge in [-0.25, -0.2) is 9.97 Å². The number of piperidine rings is 1. The maximum Gasteiger partial charge on any atom is 0.145 e. The van der Waals surface area contributed by atoms with Crippen molar-refractivity contribution >= 4 is 34.2 Å². The fourth-order valence-electron chi connectivity index (χ4n) is 2.02. The van der Waals surface area contributed by atoms with E-state index in [0.29, 0.717) is 5.84 Å². The summed E-state index contributed by atoms with van der Waals surface area (Å²) in [7, 11) is 0. The van der Waals surface area contributed by atoms with E-state index >= 15 is 0 Å². The standard InChI is InChI=1S/C11H16IN5/c1-11(10(13)14)2-4-17(5-3-11)9-8(12)6-15-7-16-9/h6-7H,2-5H2,1H3,(H3,13,14). The van der Waals surface area contributed by atoms with Crippen molar-refractivity contribution in [3.05, 3.63) is 16.1 Å². The number of rotatable bonds is 2. The summed E-state index contributed by atoms with van der Waals surface area (Å²) in [5, 5.41) is 7.63. The molecular weight excluding hydrogens is 329 g/mol. The van der Waals surface area contributed by atoms with E-state index < -0.39 is 0 Å². The van der Waals surface area contributed by atoms with Gasteiger partial charge in [0.1, 0.15) is 12.1 Å². The Hall–Kier alpha value is -0.920. The lowest BCUT2D eigenvalue weighted by atomic mass is 9.79. The third kappa shape index (κ3) is 2.51. The van der Waals surface area contributed by atoms with Crippen molar-refractivity contribution in [1.82, 2.24) is 9.97 Å². The summed E-state index contributed by atoms with van der Waals surface area (Å²) in [6.45, 7) is 3.85. The predicted molar refractivity (Wildman–Crippen MR) is 76.2 cm³/mol. The van der Waals surface area contributed by atoms with Crippen LogP contribution in [0.25, 0.3) is 0 Å². The van der Waals surface area contributed by atoms with Crippen LogP contribution in [0.2, 0.25) is 0 Å². The van der Waals surface area contributed by atoms with Crippen LogP contribution in [0.5, 0.6) is 0 Å². The Morgan fingerprint density at radius 1 is 1.53 bits per heavy atom. The molecule has 17 heavy (non-hydrogen) atoms. The minimum Gasteiger partial charge on any atom is -0.387 e. The summed E-state index contributed by atoms with van der Waals surface area (Å²) >= 11 is 2.25. The molecule has 0 amide bonds. The highest BCUT2D eigenvalue weighted by Gasteiger charge is 2.33. The van der Waals surface area contributed by atoms with Crippen molar-refractivity contribution in [2.24, 2.45) is 11.1 Å². The lowest BCUT2D eigenvalue weighted by molar-refractivity contribution is 0.349. The molecule has 0 spiro atoms. The van der Waals surface area contributed by atoms with Crippen LogP contribution in [0.15, 0.2) is 12.5 Å². The number of halogens is 1. The Morgan fingerprint density at radius 3 is 2.71 bits per heavy atom. The molecule has 1 fully saturated rings. The van der Waals surface area contributed by atoms with Crippen LogP contribution in [0, 0.1) is 14.4 Å². The van der Waals surface area contributed by atoms with Gasteiger partial charge >= 0.3 is 0 Å². The smallest absolute Gasteiger partial charge is 0.145 e. The molecule has 0 saturated carbocycles. The maximum atomic E-state index is 7.63. The van der Waals surface area contributed by atoms with Gasteiger partial charge in [0.25, 0.3) is 0 Å². The fraction of sp³-hybridized carbons (Fsp3) is 0.545. The summed E-state index contributed by atoms with van der Waals surface area (Å²) in [5.74, 6) is 1.29. The van der Waals surface area contributed by atoms with Gasteiger partial charge in [-0.15, -0.1) is 0 Å². The zero-order valence-corrected chi connectivity index (χ0v) is 11.9. The van der Waals surface area contributed by atoms with Crippen molar-refractivity contribution in [3.8, 4) is 0 Å². The van der Waals surface area contributed by atoms with Crippen LogP contribution in [-0.4, -0.2) is 28.9 Å². The number of hydrogen-bond donors (Lipinski definition) is 2. The van der Waals surface area contributed by atoms with Gasteiger partial charge in [-0.2, -0.15) is 0 Å². The van der Waals surface area contributed by atoms with Crippen molar-refractivity contribution < 1.29 is 0 Å². The maximum absolute atomic E-state index is 7.63. The molecule has 1 aliphatic rings. The molecule has 1 aromatic heterocycles. The van der Waals surface area contributed by atoms with E-state index in [-0.39, 0.29) is 5.41 Å². The number of hydrogen-bond acceptors (Lipinski definition) is 4. The zero-order valence-electron chi connectivity index (χ0n) is 9.78. The normalized spacial score (nSPS) is 19.1. The van der Waals surface area contributed by atoms with E-state index in [0.717, 1.165) is 35.3 Å². The Balaban J connectivity index is 2.10. The van der Waals surface area contributed by atoms with E-state index in [1.54, 1.807) is 6.33 Å². The number of nitrogens with one attached hydrogen (secondary N) is 1. The lowest BCUT2D eigenvalue weighted by Crippen LogP contribution is -2.45. The molecule has 1 saturated heterocycles. The van der Waals surface area contributed by atoms with Gasteiger partial charge in [-0.1, -0.05) is 6.92 Å². The van der Waals surface area contributed by atoms with Crippen molar-refractivity contribution in [2.75, 3.05) is 18.0 Å². The second kappa shape index (κ2) is 4.75. The minimum atomic E-state index is -0.144. The first-order valence-corrected chi connectivity index (χ1v) is 6.66. The average molecular weight is 345 g/mol. The van der Waals surface area contributed by atoms with Gasteiger partial charge in [-0.05, 0) is 35.4 Å². The van der Waals surface area contributed by atoms with Gasteiger partial charge in [-0.3, -0.25) is 5.41 Å². The van der Waals surface area contributed by atoms with Crippen LogP contribution >= 0.6 is 22.6 Å². The van der Waals surface area contributed by atoms with Gasteiger partial charge in [0.05, 0.1) is 9.41 Å². The molecule has 1 aliphatic heterocycles. The van der Waals surface area contributed by atoms with E-state index in [1.807, 2.05) is 6.20 Å². The molecule has 1 aromatic rings. The second-order valence-corrected chi connectivity index (χ2v) is 5.82. The third-order valence-electron chi connectivity index (χ3n) is 3.46. The molecule has 0 unspecified atom stereocenters. The van der Waals surface area contributed by atoms with Crippen LogP contribution < -0.4 is 10.6 Å². The molecule has 3 N–H and O–H groups in total. The molecule has 0 radical (unpaired) electrons. The van der Waals surface area contributed by atoms with Gasteiger partial charge in [0.15, 0.2) is 0 Å². The molecule has 0 aromatic carbocycles. The van der Waals surface area contributed by atoms with E-state index in [2.05, 4.69) is 44.4 Å². The summed E-state index contributed by atoms with van der Waals surface area (Å²) in [6.07, 6.45) is 5.21. The quantitative estimate of drug-likeness (QED) is 0.485. The summed E-state index contributed by atoms with van der Waals surface area (Å²) < 4.78 is 1.07. The highest BCUT2D eigenvalue weighted by atomic mass is 127. The first kappa shape index (κ1) is 12.5. The molecule has 0 atom stereocenters. The lowest BCUT2D eigenvalue weighted by Gasteiger charge is -2.39. The highest BCUT2D eigenvalue weighted by Crippen LogP contribution is 2.33. The van der Waals surface area contributed by atoms with Crippen LogP contribution in [-0.2, 0) is 0 Å². The molecule has 2 rings (SSSR count). The summed E-state index contributed by atoms with van der Waals surface area (Å²) in [5.41, 5.74) is 5.51. The van der Waals surface area contributed by atoms with Crippen molar-refractivity contribution in [1.29, 1.82) is 5.41 Å².